The predicted octanol–water partition coefficient (Wildman–Crippen LogP) is 5.04. The number of hydrogen-bond acceptors (Lipinski definition) is 4. The molecule has 25 heavy (non-hydrogen) atoms. The Kier molecular flexibility index (Phi) is 4.01. The Labute approximate surface area is 150 Å². The number of nitrogens with one attached hydrogen (secondary N) is 2. The van der Waals surface area contributed by atoms with Gasteiger partial charge in [-0.15, -0.1) is 11.3 Å². The van der Waals surface area contributed by atoms with Crippen molar-refractivity contribution in [2.75, 3.05) is 10.6 Å². The van der Waals surface area contributed by atoms with Crippen LogP contribution in [0, 0.1) is 0 Å². The first-order valence-electron chi connectivity index (χ1n) is 8.34. The predicted molar refractivity (Wildman–Crippen MR) is 103 cm³/mol. The molecule has 0 spiro atoms. The summed E-state index contributed by atoms with van der Waals surface area (Å²) in [6.45, 7) is 4.06. The zero-order valence-electron chi connectivity index (χ0n) is 14.1. The largest absolute Gasteiger partial charge is 0.355 e. The van der Waals surface area contributed by atoms with Gasteiger partial charge in [-0.3, -0.25) is 4.79 Å². The molecule has 4 nitrogen and oxygen atoms in total. The van der Waals surface area contributed by atoms with Gasteiger partial charge >= 0.3 is 0 Å². The maximum absolute atomic E-state index is 11.8. The molecule has 2 heterocycles. The summed E-state index contributed by atoms with van der Waals surface area (Å²) >= 11 is 1.60. The summed E-state index contributed by atoms with van der Waals surface area (Å²) in [6.07, 6.45) is 0. The minimum Gasteiger partial charge on any atom is -0.355 e. The molecular weight excluding hydrogens is 330 g/mol. The number of nitrogens with zero attached hydrogens (tertiary/aromatic N) is 1. The summed E-state index contributed by atoms with van der Waals surface area (Å²) in [4.78, 5) is 16.5. The number of carbonyl (C=O) groups excluding carboxylic acids is 1. The smallest absolute Gasteiger partial charge is 0.231 e. The number of fused-ring (bicyclic) bond motifs is 1. The standard InChI is InChI=1S/C20H19N3OS/c1-12-16-10-15(8-9-17(16)22-19(12)24)18-11-25-20(23-18)21-13(2)14-6-4-3-5-7-14/h3-13H,1-2H3,(H,21,23)(H,22,24)/t12-,13+/m0/s1. The lowest BCUT2D eigenvalue weighted by atomic mass is 10.00. The van der Waals surface area contributed by atoms with Gasteiger partial charge in [0.15, 0.2) is 5.13 Å². The van der Waals surface area contributed by atoms with E-state index >= 15 is 0 Å². The third-order valence-electron chi connectivity index (χ3n) is 4.61. The summed E-state index contributed by atoms with van der Waals surface area (Å²) in [6, 6.07) is 16.6. The topological polar surface area (TPSA) is 54.0 Å². The molecule has 5 heteroatoms. The third kappa shape index (κ3) is 3.03. The Hall–Kier alpha value is -2.66. The van der Waals surface area contributed by atoms with Crippen LogP contribution in [0.5, 0.6) is 0 Å². The number of rotatable bonds is 4. The van der Waals surface area contributed by atoms with E-state index in [1.807, 2.05) is 37.3 Å². The van der Waals surface area contributed by atoms with Crippen LogP contribution in [-0.2, 0) is 4.79 Å². The normalized spacial score (nSPS) is 17.0. The highest BCUT2D eigenvalue weighted by atomic mass is 32.1. The zero-order chi connectivity index (χ0) is 17.4. The third-order valence-corrected chi connectivity index (χ3v) is 5.38. The molecule has 0 bridgehead atoms. The van der Waals surface area contributed by atoms with Gasteiger partial charge in [-0.2, -0.15) is 0 Å². The van der Waals surface area contributed by atoms with Gasteiger partial charge in [-0.05, 0) is 37.1 Å². The quantitative estimate of drug-likeness (QED) is 0.694. The van der Waals surface area contributed by atoms with Gasteiger partial charge in [-0.1, -0.05) is 36.4 Å². The van der Waals surface area contributed by atoms with Crippen molar-refractivity contribution in [2.45, 2.75) is 25.8 Å². The van der Waals surface area contributed by atoms with Gasteiger partial charge < -0.3 is 10.6 Å². The molecule has 1 aliphatic heterocycles. The summed E-state index contributed by atoms with van der Waals surface area (Å²) in [5.74, 6) is -0.0475. The van der Waals surface area contributed by atoms with E-state index in [0.717, 1.165) is 27.6 Å². The van der Waals surface area contributed by atoms with E-state index in [9.17, 15) is 4.79 Å². The van der Waals surface area contributed by atoms with E-state index in [4.69, 9.17) is 4.98 Å². The molecule has 1 aliphatic rings. The first-order valence-corrected chi connectivity index (χ1v) is 9.22. The van der Waals surface area contributed by atoms with Crippen LogP contribution in [0.25, 0.3) is 11.3 Å². The first-order chi connectivity index (χ1) is 12.1. The fourth-order valence-electron chi connectivity index (χ4n) is 3.06. The molecule has 0 saturated heterocycles. The Morgan fingerprint density at radius 2 is 2.00 bits per heavy atom. The highest BCUT2D eigenvalue weighted by Gasteiger charge is 2.26. The van der Waals surface area contributed by atoms with E-state index in [2.05, 4.69) is 41.1 Å². The Morgan fingerprint density at radius 1 is 1.20 bits per heavy atom. The van der Waals surface area contributed by atoms with E-state index in [1.54, 1.807) is 11.3 Å². The van der Waals surface area contributed by atoms with Gasteiger partial charge in [0, 0.05) is 16.6 Å². The Bertz CT molecular complexity index is 920. The minimum absolute atomic E-state index is 0.0597. The number of hydrogen-bond donors (Lipinski definition) is 2. The van der Waals surface area contributed by atoms with Crippen LogP contribution in [-0.4, -0.2) is 10.9 Å². The molecule has 0 radical (unpaired) electrons. The second-order valence-electron chi connectivity index (χ2n) is 6.33. The molecule has 0 unspecified atom stereocenters. The molecule has 1 aromatic heterocycles. The van der Waals surface area contributed by atoms with Crippen LogP contribution in [0.1, 0.15) is 36.9 Å². The molecular formula is C20H19N3OS. The Morgan fingerprint density at radius 3 is 2.80 bits per heavy atom. The van der Waals surface area contributed by atoms with Crippen molar-refractivity contribution < 1.29 is 4.79 Å². The number of aromatic nitrogens is 1. The molecule has 2 N–H and O–H groups in total. The van der Waals surface area contributed by atoms with Crippen LogP contribution < -0.4 is 10.6 Å². The zero-order valence-corrected chi connectivity index (χ0v) is 14.9. The molecule has 1 amide bonds. The summed E-state index contributed by atoms with van der Waals surface area (Å²) in [5, 5.41) is 9.31. The van der Waals surface area contributed by atoms with E-state index in [1.165, 1.54) is 5.56 Å². The van der Waals surface area contributed by atoms with E-state index in [-0.39, 0.29) is 17.9 Å². The maximum Gasteiger partial charge on any atom is 0.231 e. The van der Waals surface area contributed by atoms with Gasteiger partial charge in [0.2, 0.25) is 5.91 Å². The van der Waals surface area contributed by atoms with Crippen LogP contribution in [0.4, 0.5) is 10.8 Å². The van der Waals surface area contributed by atoms with Crippen LogP contribution >= 0.6 is 11.3 Å². The summed E-state index contributed by atoms with van der Waals surface area (Å²) in [7, 11) is 0. The van der Waals surface area contributed by atoms with Gasteiger partial charge in [-0.25, -0.2) is 4.98 Å². The molecule has 4 rings (SSSR count). The van der Waals surface area contributed by atoms with Crippen molar-refractivity contribution >= 4 is 28.1 Å². The second kappa shape index (κ2) is 6.33. The molecule has 3 aromatic rings. The van der Waals surface area contributed by atoms with E-state index < -0.39 is 0 Å². The fourth-order valence-corrected chi connectivity index (χ4v) is 3.87. The van der Waals surface area contributed by atoms with Crippen molar-refractivity contribution in [3.63, 3.8) is 0 Å². The average Bonchev–Trinajstić information content (AvgIpc) is 3.21. The van der Waals surface area contributed by atoms with E-state index in [0.29, 0.717) is 0 Å². The fraction of sp³-hybridized carbons (Fsp3) is 0.200. The monoisotopic (exact) mass is 349 g/mol. The molecule has 0 saturated carbocycles. The number of anilines is 2. The first kappa shape index (κ1) is 15.8. The molecule has 2 atom stereocenters. The number of benzene rings is 2. The Balaban J connectivity index is 1.55. The summed E-state index contributed by atoms with van der Waals surface area (Å²) in [5.41, 5.74) is 5.16. The highest BCUT2D eigenvalue weighted by molar-refractivity contribution is 7.14. The van der Waals surface area contributed by atoms with Crippen LogP contribution in [0.3, 0.4) is 0 Å². The molecule has 0 fully saturated rings. The van der Waals surface area contributed by atoms with Crippen molar-refractivity contribution in [3.05, 3.63) is 65.0 Å². The second-order valence-corrected chi connectivity index (χ2v) is 7.19. The molecule has 126 valence electrons. The van der Waals surface area contributed by atoms with Crippen LogP contribution in [0.2, 0.25) is 0 Å². The molecule has 0 aliphatic carbocycles. The van der Waals surface area contributed by atoms with Crippen molar-refractivity contribution in [3.8, 4) is 11.3 Å². The molecule has 2 aromatic carbocycles. The maximum atomic E-state index is 11.8. The number of amides is 1. The summed E-state index contributed by atoms with van der Waals surface area (Å²) < 4.78 is 0. The lowest BCUT2D eigenvalue weighted by molar-refractivity contribution is -0.116. The number of thiazole rings is 1. The van der Waals surface area contributed by atoms with Crippen molar-refractivity contribution in [1.82, 2.24) is 4.98 Å². The van der Waals surface area contributed by atoms with Gasteiger partial charge in [0.05, 0.1) is 17.7 Å². The number of carbonyl (C=O) groups is 1. The van der Waals surface area contributed by atoms with Crippen LogP contribution in [0.15, 0.2) is 53.9 Å². The van der Waals surface area contributed by atoms with Crippen molar-refractivity contribution in [2.24, 2.45) is 0 Å². The van der Waals surface area contributed by atoms with Gasteiger partial charge in [0.1, 0.15) is 0 Å². The van der Waals surface area contributed by atoms with Crippen molar-refractivity contribution in [1.29, 1.82) is 0 Å². The van der Waals surface area contributed by atoms with Gasteiger partial charge in [0.25, 0.3) is 0 Å². The SMILES string of the molecule is C[C@@H]1C(=O)Nc2ccc(-c3csc(N[C@H](C)c4ccccc4)n3)cc21. The lowest BCUT2D eigenvalue weighted by Crippen LogP contribution is -2.08. The lowest BCUT2D eigenvalue weighted by Gasteiger charge is -2.12. The average molecular weight is 349 g/mol. The highest BCUT2D eigenvalue weighted by Crippen LogP contribution is 2.36. The minimum atomic E-state index is -0.107.